The van der Waals surface area contributed by atoms with Gasteiger partial charge in [-0.3, -0.25) is 0 Å². The van der Waals surface area contributed by atoms with E-state index in [9.17, 15) is 0 Å². The Morgan fingerprint density at radius 2 is 2.40 bits per heavy atom. The van der Waals surface area contributed by atoms with Crippen molar-refractivity contribution in [3.05, 3.63) is 28.7 Å². The zero-order valence-electron chi connectivity index (χ0n) is 8.44. The highest BCUT2D eigenvalue weighted by Gasteiger charge is 2.06. The minimum atomic E-state index is -0.00557. The molecule has 82 valence electrons. The van der Waals surface area contributed by atoms with Gasteiger partial charge in [-0.1, -0.05) is 34.1 Å². The molecule has 0 fully saturated rings. The lowest BCUT2D eigenvalue weighted by Crippen LogP contribution is -2.27. The first-order valence-electron chi connectivity index (χ1n) is 4.60. The average molecular weight is 272 g/mol. The van der Waals surface area contributed by atoms with Gasteiger partial charge < -0.3 is 16.3 Å². The summed E-state index contributed by atoms with van der Waals surface area (Å²) in [5.41, 5.74) is 6.46. The van der Waals surface area contributed by atoms with Crippen LogP contribution in [0.4, 0.5) is 5.69 Å². The topological polar surface area (TPSA) is 70.6 Å². The van der Waals surface area contributed by atoms with E-state index < -0.39 is 0 Å². The highest BCUT2D eigenvalue weighted by Crippen LogP contribution is 2.15. The first-order chi connectivity index (χ1) is 7.13. The van der Waals surface area contributed by atoms with Crippen molar-refractivity contribution in [2.75, 3.05) is 11.9 Å². The van der Waals surface area contributed by atoms with Crippen molar-refractivity contribution in [3.63, 3.8) is 0 Å². The monoisotopic (exact) mass is 271 g/mol. The molecule has 0 bridgehead atoms. The van der Waals surface area contributed by atoms with Crippen molar-refractivity contribution in [1.82, 2.24) is 0 Å². The molecule has 0 aliphatic carbocycles. The third-order valence-corrected chi connectivity index (χ3v) is 2.55. The number of hydrogen-bond acceptors (Lipinski definition) is 3. The van der Waals surface area contributed by atoms with Crippen LogP contribution in [0, 0.1) is 5.92 Å². The molecule has 1 unspecified atom stereocenters. The van der Waals surface area contributed by atoms with Crippen LogP contribution in [-0.4, -0.2) is 17.6 Å². The molecular formula is C10H14BrN3O. The van der Waals surface area contributed by atoms with Crippen molar-refractivity contribution >= 4 is 27.5 Å². The van der Waals surface area contributed by atoms with Gasteiger partial charge in [0.25, 0.3) is 0 Å². The average Bonchev–Trinajstić information content (AvgIpc) is 2.25. The van der Waals surface area contributed by atoms with Gasteiger partial charge in [-0.05, 0) is 18.2 Å². The molecule has 1 rings (SSSR count). The minimum Gasteiger partial charge on any atom is -0.409 e. The largest absolute Gasteiger partial charge is 0.409 e. The van der Waals surface area contributed by atoms with Gasteiger partial charge in [-0.25, -0.2) is 0 Å². The lowest BCUT2D eigenvalue weighted by atomic mass is 10.1. The van der Waals surface area contributed by atoms with Crippen LogP contribution >= 0.6 is 15.9 Å². The first kappa shape index (κ1) is 11.8. The number of oxime groups is 1. The van der Waals surface area contributed by atoms with Gasteiger partial charge in [-0.15, -0.1) is 0 Å². The molecule has 0 saturated carbocycles. The summed E-state index contributed by atoms with van der Waals surface area (Å²) in [5, 5.41) is 14.6. The second kappa shape index (κ2) is 5.60. The molecule has 15 heavy (non-hydrogen) atoms. The smallest absolute Gasteiger partial charge is 0.143 e. The molecule has 1 atom stereocenters. The maximum Gasteiger partial charge on any atom is 0.143 e. The molecule has 0 heterocycles. The van der Waals surface area contributed by atoms with E-state index in [2.05, 4.69) is 26.4 Å². The second-order valence-electron chi connectivity index (χ2n) is 3.32. The molecule has 0 aromatic heterocycles. The Morgan fingerprint density at radius 3 is 3.00 bits per heavy atom. The van der Waals surface area contributed by atoms with Crippen LogP contribution in [0.1, 0.15) is 6.92 Å². The lowest BCUT2D eigenvalue weighted by Gasteiger charge is -2.12. The van der Waals surface area contributed by atoms with E-state index in [0.717, 1.165) is 10.2 Å². The summed E-state index contributed by atoms with van der Waals surface area (Å²) in [6, 6.07) is 7.83. The van der Waals surface area contributed by atoms with E-state index in [1.165, 1.54) is 0 Å². The van der Waals surface area contributed by atoms with Gasteiger partial charge in [-0.2, -0.15) is 0 Å². The van der Waals surface area contributed by atoms with Gasteiger partial charge in [0.1, 0.15) is 5.84 Å². The Labute approximate surface area is 97.3 Å². The zero-order valence-corrected chi connectivity index (χ0v) is 10.0. The van der Waals surface area contributed by atoms with Crippen molar-refractivity contribution < 1.29 is 5.21 Å². The number of nitrogens with zero attached hydrogens (tertiary/aromatic N) is 1. The molecule has 5 heteroatoms. The summed E-state index contributed by atoms with van der Waals surface area (Å²) >= 11 is 3.38. The number of amidine groups is 1. The summed E-state index contributed by atoms with van der Waals surface area (Å²) in [5.74, 6) is 0.228. The Balaban J connectivity index is 2.50. The second-order valence-corrected chi connectivity index (χ2v) is 4.23. The van der Waals surface area contributed by atoms with E-state index in [0.29, 0.717) is 6.54 Å². The zero-order chi connectivity index (χ0) is 11.3. The van der Waals surface area contributed by atoms with Crippen molar-refractivity contribution in [2.45, 2.75) is 6.92 Å². The van der Waals surface area contributed by atoms with Gasteiger partial charge >= 0.3 is 0 Å². The van der Waals surface area contributed by atoms with Gasteiger partial charge in [0.15, 0.2) is 0 Å². The molecule has 0 aliphatic rings. The van der Waals surface area contributed by atoms with E-state index >= 15 is 0 Å². The number of hydrogen-bond donors (Lipinski definition) is 3. The minimum absolute atomic E-state index is 0.00557. The van der Waals surface area contributed by atoms with Crippen LogP contribution in [0.2, 0.25) is 0 Å². The lowest BCUT2D eigenvalue weighted by molar-refractivity contribution is 0.315. The maximum absolute atomic E-state index is 8.47. The fourth-order valence-corrected chi connectivity index (χ4v) is 1.47. The van der Waals surface area contributed by atoms with Crippen LogP contribution in [0.25, 0.3) is 0 Å². The standard InChI is InChI=1S/C10H14BrN3O/c1-7(10(12)14-15)6-13-9-4-2-3-8(11)5-9/h2-5,7,13,15H,6H2,1H3,(H2,12,14). The Hall–Kier alpha value is -1.23. The maximum atomic E-state index is 8.47. The number of rotatable bonds is 4. The third kappa shape index (κ3) is 3.79. The number of anilines is 1. The predicted molar refractivity (Wildman–Crippen MR) is 65.2 cm³/mol. The number of nitrogens with one attached hydrogen (secondary N) is 1. The van der Waals surface area contributed by atoms with Gasteiger partial charge in [0.2, 0.25) is 0 Å². The highest BCUT2D eigenvalue weighted by atomic mass is 79.9. The Bertz CT molecular complexity index is 354. The molecule has 4 nitrogen and oxygen atoms in total. The fourth-order valence-electron chi connectivity index (χ4n) is 1.07. The predicted octanol–water partition coefficient (Wildman–Crippen LogP) is 2.24. The Morgan fingerprint density at radius 1 is 1.67 bits per heavy atom. The summed E-state index contributed by atoms with van der Waals surface area (Å²) < 4.78 is 1.02. The van der Waals surface area contributed by atoms with Gasteiger partial charge in [0.05, 0.1) is 0 Å². The quantitative estimate of drug-likeness (QED) is 0.341. The molecule has 0 radical (unpaired) electrons. The summed E-state index contributed by atoms with van der Waals surface area (Å²) in [6.45, 7) is 2.52. The molecule has 0 amide bonds. The van der Waals surface area contributed by atoms with E-state index in [-0.39, 0.29) is 11.8 Å². The normalized spacial score (nSPS) is 13.6. The molecule has 4 N–H and O–H groups in total. The first-order valence-corrected chi connectivity index (χ1v) is 5.39. The molecule has 1 aromatic carbocycles. The van der Waals surface area contributed by atoms with E-state index in [4.69, 9.17) is 10.9 Å². The number of nitrogens with two attached hydrogens (primary N) is 1. The van der Waals surface area contributed by atoms with Crippen molar-refractivity contribution in [1.29, 1.82) is 0 Å². The van der Waals surface area contributed by atoms with E-state index in [1.54, 1.807) is 0 Å². The molecule has 0 aliphatic heterocycles. The molecule has 1 aromatic rings. The van der Waals surface area contributed by atoms with Crippen LogP contribution in [0.5, 0.6) is 0 Å². The summed E-state index contributed by atoms with van der Waals surface area (Å²) in [4.78, 5) is 0. The molecular weight excluding hydrogens is 258 g/mol. The van der Waals surface area contributed by atoms with Gasteiger partial charge in [0, 0.05) is 22.6 Å². The van der Waals surface area contributed by atoms with Crippen molar-refractivity contribution in [3.8, 4) is 0 Å². The summed E-state index contributed by atoms with van der Waals surface area (Å²) in [7, 11) is 0. The highest BCUT2D eigenvalue weighted by molar-refractivity contribution is 9.10. The number of halogens is 1. The van der Waals surface area contributed by atoms with Crippen LogP contribution in [-0.2, 0) is 0 Å². The van der Waals surface area contributed by atoms with E-state index in [1.807, 2.05) is 31.2 Å². The van der Waals surface area contributed by atoms with Crippen molar-refractivity contribution in [2.24, 2.45) is 16.8 Å². The molecule has 0 spiro atoms. The fraction of sp³-hybridized carbons (Fsp3) is 0.300. The van der Waals surface area contributed by atoms with Crippen LogP contribution in [0.15, 0.2) is 33.9 Å². The summed E-state index contributed by atoms with van der Waals surface area (Å²) in [6.07, 6.45) is 0. The van der Waals surface area contributed by atoms with Crippen LogP contribution < -0.4 is 11.1 Å². The van der Waals surface area contributed by atoms with Crippen LogP contribution in [0.3, 0.4) is 0 Å². The SMILES string of the molecule is CC(CNc1cccc(Br)c1)C(N)=NO. The molecule has 0 saturated heterocycles. The third-order valence-electron chi connectivity index (χ3n) is 2.06. The Kier molecular flexibility index (Phi) is 4.42. The number of benzene rings is 1.